The molecule has 0 aliphatic heterocycles. The van der Waals surface area contributed by atoms with Crippen LogP contribution in [0.5, 0.6) is 0 Å². The fraction of sp³-hybridized carbons (Fsp3) is 0.750. The van der Waals surface area contributed by atoms with E-state index >= 15 is 0 Å². The Labute approximate surface area is 80.2 Å². The quantitative estimate of drug-likeness (QED) is 0.521. The topological polar surface area (TPSA) is 55.4 Å². The van der Waals surface area contributed by atoms with Gasteiger partial charge in [0.15, 0.2) is 0 Å². The van der Waals surface area contributed by atoms with Gasteiger partial charge in [0, 0.05) is 6.92 Å². The van der Waals surface area contributed by atoms with Crippen molar-refractivity contribution in [3.63, 3.8) is 0 Å². The number of nitrogens with one attached hydrogen (secondary N) is 1. The zero-order chi connectivity index (χ0) is 10.3. The predicted octanol–water partition coefficient (Wildman–Crippen LogP) is 0.362. The van der Waals surface area contributed by atoms with E-state index in [0.717, 1.165) is 14.7 Å². The van der Waals surface area contributed by atoms with Gasteiger partial charge in [-0.2, -0.15) is 0 Å². The van der Waals surface area contributed by atoms with Gasteiger partial charge in [-0.1, -0.05) is 0 Å². The SMILES string of the molecule is COC(=O)C(CCPC)NC(C)=O. The second kappa shape index (κ2) is 6.84. The first-order valence-electron chi connectivity index (χ1n) is 4.11. The van der Waals surface area contributed by atoms with Crippen molar-refractivity contribution >= 4 is 20.5 Å². The molecule has 0 spiro atoms. The van der Waals surface area contributed by atoms with Crippen LogP contribution in [-0.4, -0.2) is 37.9 Å². The second-order valence-corrected chi connectivity index (χ2v) is 3.88. The van der Waals surface area contributed by atoms with Crippen LogP contribution in [0.2, 0.25) is 0 Å². The van der Waals surface area contributed by atoms with E-state index < -0.39 is 6.04 Å². The van der Waals surface area contributed by atoms with Crippen LogP contribution < -0.4 is 5.32 Å². The minimum Gasteiger partial charge on any atom is -0.467 e. The number of carbonyl (C=O) groups excluding carboxylic acids is 2. The minimum atomic E-state index is -0.477. The summed E-state index contributed by atoms with van der Waals surface area (Å²) in [7, 11) is 2.11. The minimum absolute atomic E-state index is 0.199. The van der Waals surface area contributed by atoms with Gasteiger partial charge in [0.2, 0.25) is 5.91 Å². The molecule has 0 aliphatic rings. The fourth-order valence-corrected chi connectivity index (χ4v) is 1.50. The van der Waals surface area contributed by atoms with E-state index in [1.165, 1.54) is 14.0 Å². The average molecular weight is 205 g/mol. The molecule has 76 valence electrons. The van der Waals surface area contributed by atoms with Crippen molar-refractivity contribution in [2.24, 2.45) is 0 Å². The smallest absolute Gasteiger partial charge is 0.328 e. The van der Waals surface area contributed by atoms with Crippen LogP contribution in [0.3, 0.4) is 0 Å². The van der Waals surface area contributed by atoms with Crippen LogP contribution in [-0.2, 0) is 14.3 Å². The Morgan fingerprint density at radius 1 is 1.54 bits per heavy atom. The molecule has 1 amide bonds. The number of esters is 1. The summed E-state index contributed by atoms with van der Waals surface area (Å²) in [5.74, 6) is -0.566. The Bertz CT molecular complexity index is 184. The Morgan fingerprint density at radius 3 is 2.54 bits per heavy atom. The number of amides is 1. The summed E-state index contributed by atoms with van der Waals surface area (Å²) in [5.41, 5.74) is 0. The zero-order valence-corrected chi connectivity index (χ0v) is 9.22. The van der Waals surface area contributed by atoms with Crippen LogP contribution in [0.1, 0.15) is 13.3 Å². The van der Waals surface area contributed by atoms with Gasteiger partial charge in [-0.25, -0.2) is 4.79 Å². The van der Waals surface area contributed by atoms with Gasteiger partial charge in [-0.15, -0.1) is 8.58 Å². The van der Waals surface area contributed by atoms with Gasteiger partial charge in [0.1, 0.15) is 6.04 Å². The zero-order valence-electron chi connectivity index (χ0n) is 8.22. The molecule has 0 heterocycles. The van der Waals surface area contributed by atoms with Gasteiger partial charge in [-0.05, 0) is 19.2 Å². The lowest BCUT2D eigenvalue weighted by Crippen LogP contribution is -2.40. The van der Waals surface area contributed by atoms with E-state index in [2.05, 4.69) is 16.7 Å². The Balaban J connectivity index is 4.02. The molecular formula is C8H16NO3P. The van der Waals surface area contributed by atoms with Crippen molar-refractivity contribution in [3.8, 4) is 0 Å². The maximum absolute atomic E-state index is 11.1. The lowest BCUT2D eigenvalue weighted by atomic mass is 10.2. The number of methoxy groups -OCH3 is 1. The largest absolute Gasteiger partial charge is 0.467 e. The highest BCUT2D eigenvalue weighted by Crippen LogP contribution is 2.07. The van der Waals surface area contributed by atoms with Crippen molar-refractivity contribution in [2.75, 3.05) is 19.9 Å². The Morgan fingerprint density at radius 2 is 2.15 bits per heavy atom. The molecular weight excluding hydrogens is 189 g/mol. The molecule has 0 bridgehead atoms. The van der Waals surface area contributed by atoms with Crippen LogP contribution in [0.4, 0.5) is 0 Å². The van der Waals surface area contributed by atoms with Crippen molar-refractivity contribution in [1.29, 1.82) is 0 Å². The highest BCUT2D eigenvalue weighted by atomic mass is 31.1. The number of hydrogen-bond acceptors (Lipinski definition) is 3. The monoisotopic (exact) mass is 205 g/mol. The first-order chi connectivity index (χ1) is 6.11. The van der Waals surface area contributed by atoms with Gasteiger partial charge < -0.3 is 10.1 Å². The summed E-state index contributed by atoms with van der Waals surface area (Å²) in [6.45, 7) is 3.45. The molecule has 5 heteroatoms. The highest BCUT2D eigenvalue weighted by molar-refractivity contribution is 7.36. The van der Waals surface area contributed by atoms with Crippen molar-refractivity contribution in [3.05, 3.63) is 0 Å². The van der Waals surface area contributed by atoms with Crippen molar-refractivity contribution in [1.82, 2.24) is 5.32 Å². The first-order valence-corrected chi connectivity index (χ1v) is 5.82. The van der Waals surface area contributed by atoms with Crippen LogP contribution in [0.15, 0.2) is 0 Å². The predicted molar refractivity (Wildman–Crippen MR) is 53.3 cm³/mol. The molecule has 0 fully saturated rings. The summed E-state index contributed by atoms with van der Waals surface area (Å²) in [5, 5.41) is 2.56. The van der Waals surface area contributed by atoms with E-state index in [0.29, 0.717) is 6.42 Å². The second-order valence-electron chi connectivity index (χ2n) is 2.67. The van der Waals surface area contributed by atoms with Gasteiger partial charge in [0.25, 0.3) is 0 Å². The van der Waals surface area contributed by atoms with Crippen LogP contribution in [0, 0.1) is 0 Å². The van der Waals surface area contributed by atoms with Crippen LogP contribution in [0.25, 0.3) is 0 Å². The Kier molecular flexibility index (Phi) is 6.51. The average Bonchev–Trinajstić information content (AvgIpc) is 2.10. The molecule has 0 aromatic carbocycles. The molecule has 4 nitrogen and oxygen atoms in total. The molecule has 2 atom stereocenters. The molecule has 0 saturated carbocycles. The molecule has 0 rings (SSSR count). The lowest BCUT2D eigenvalue weighted by molar-refractivity contribution is -0.144. The third-order valence-corrected chi connectivity index (χ3v) is 2.33. The number of ether oxygens (including phenoxy) is 1. The van der Waals surface area contributed by atoms with Crippen LogP contribution >= 0.6 is 8.58 Å². The van der Waals surface area contributed by atoms with Gasteiger partial charge >= 0.3 is 5.97 Å². The third kappa shape index (κ3) is 5.58. The summed E-state index contributed by atoms with van der Waals surface area (Å²) in [6.07, 6.45) is 1.58. The van der Waals surface area contributed by atoms with Crippen molar-refractivity contribution < 1.29 is 14.3 Å². The molecule has 0 radical (unpaired) electrons. The molecule has 1 N–H and O–H groups in total. The van der Waals surface area contributed by atoms with E-state index in [1.807, 2.05) is 0 Å². The molecule has 0 aliphatic carbocycles. The molecule has 0 saturated heterocycles. The van der Waals surface area contributed by atoms with Crippen molar-refractivity contribution in [2.45, 2.75) is 19.4 Å². The van der Waals surface area contributed by atoms with Gasteiger partial charge in [-0.3, -0.25) is 4.79 Å². The van der Waals surface area contributed by atoms with E-state index in [4.69, 9.17) is 0 Å². The van der Waals surface area contributed by atoms with E-state index in [1.54, 1.807) is 0 Å². The maximum Gasteiger partial charge on any atom is 0.328 e. The molecule has 0 aromatic heterocycles. The third-order valence-electron chi connectivity index (χ3n) is 1.55. The molecule has 0 aromatic rings. The fourth-order valence-electron chi connectivity index (χ4n) is 0.925. The highest BCUT2D eigenvalue weighted by Gasteiger charge is 2.18. The number of hydrogen-bond donors (Lipinski definition) is 1. The maximum atomic E-state index is 11.1. The summed E-state index contributed by atoms with van der Waals surface area (Å²) >= 11 is 0. The van der Waals surface area contributed by atoms with Gasteiger partial charge in [0.05, 0.1) is 7.11 Å². The van der Waals surface area contributed by atoms with E-state index in [-0.39, 0.29) is 11.9 Å². The Hall–Kier alpha value is -0.630. The summed E-state index contributed by atoms with van der Waals surface area (Å²) in [6, 6.07) is -0.477. The number of carbonyl (C=O) groups is 2. The lowest BCUT2D eigenvalue weighted by Gasteiger charge is -2.14. The normalized spacial score (nSPS) is 12.8. The standard InChI is InChI=1S/C8H16NO3P/c1-6(10)9-7(4-5-13-3)8(11)12-2/h7,13H,4-5H2,1-3H3,(H,9,10). The summed E-state index contributed by atoms with van der Waals surface area (Å²) in [4.78, 5) is 21.8. The number of rotatable bonds is 5. The molecule has 13 heavy (non-hydrogen) atoms. The summed E-state index contributed by atoms with van der Waals surface area (Å²) < 4.78 is 4.56. The first kappa shape index (κ1) is 12.4. The molecule has 2 unspecified atom stereocenters. The van der Waals surface area contributed by atoms with E-state index in [9.17, 15) is 9.59 Å².